The van der Waals surface area contributed by atoms with Gasteiger partial charge in [0, 0.05) is 6.42 Å². The Bertz CT molecular complexity index is 213. The van der Waals surface area contributed by atoms with Crippen LogP contribution in [0, 0.1) is 0 Å². The molecule has 0 atom stereocenters. The van der Waals surface area contributed by atoms with Gasteiger partial charge in [0.25, 0.3) is 0 Å². The molecule has 0 aliphatic heterocycles. The molecule has 0 unspecified atom stereocenters. The average Bonchev–Trinajstić information content (AvgIpc) is 2.21. The number of hydrogen-bond donors (Lipinski definition) is 0. The number of carbonyl (C=O) groups is 2. The van der Waals surface area contributed by atoms with E-state index in [0.29, 0.717) is 5.78 Å². The molecule has 0 heterocycles. The summed E-state index contributed by atoms with van der Waals surface area (Å²) in [5, 5.41) is 0. The minimum atomic E-state index is 0.167. The number of allylic oxidation sites excluding steroid dienone is 2. The quantitative estimate of drug-likeness (QED) is 0.463. The van der Waals surface area contributed by atoms with Crippen molar-refractivity contribution in [1.29, 1.82) is 0 Å². The van der Waals surface area contributed by atoms with Crippen molar-refractivity contribution in [3.05, 3.63) is 12.2 Å². The monoisotopic (exact) mass is 240 g/mol. The van der Waals surface area contributed by atoms with Gasteiger partial charge in [-0.2, -0.15) is 0 Å². The minimum Gasteiger partial charge on any atom is -0.300 e. The lowest BCUT2D eigenvalue weighted by atomic mass is 10.1. The second-order valence-electron chi connectivity index (χ2n) is 4.49. The van der Waals surface area contributed by atoms with Crippen LogP contribution in [0.25, 0.3) is 0 Å². The first-order valence-corrected chi connectivity index (χ1v) is 6.58. The van der Waals surface area contributed by atoms with Gasteiger partial charge in [0.1, 0.15) is 11.6 Å². The summed E-state index contributed by atoms with van der Waals surface area (Å²) < 4.78 is 0. The molecule has 0 N–H and O–H groups in total. The lowest BCUT2D eigenvalue weighted by molar-refractivity contribution is -0.117. The van der Waals surface area contributed by atoms with Gasteiger partial charge >= 0.3 is 0 Å². The molecule has 0 saturated carbocycles. The molecule has 0 bridgehead atoms. The van der Waals surface area contributed by atoms with E-state index < -0.39 is 0 Å². The van der Waals surface area contributed by atoms with E-state index in [1.807, 2.05) is 0 Å². The molecule has 2 heteroatoms. The number of hydrogen-bond acceptors (Lipinski definition) is 2. The van der Waals surface area contributed by atoms with Crippen LogP contribution in [0.4, 0.5) is 0 Å². The highest BCUT2D eigenvalue weighted by molar-refractivity contribution is 5.75. The fourth-order valence-electron chi connectivity index (χ4n) is 1.33. The van der Waals surface area contributed by atoms with Crippen LogP contribution in [0.1, 0.15) is 72.6 Å². The van der Waals surface area contributed by atoms with E-state index in [1.54, 1.807) is 6.92 Å². The highest BCUT2D eigenvalue weighted by Crippen LogP contribution is 2.07. The van der Waals surface area contributed by atoms with Gasteiger partial charge in [0.05, 0.1) is 0 Å². The first kappa shape index (κ1) is 18.4. The van der Waals surface area contributed by atoms with Crippen molar-refractivity contribution in [1.82, 2.24) is 0 Å². The smallest absolute Gasteiger partial charge is 0.129 e. The van der Waals surface area contributed by atoms with Crippen molar-refractivity contribution in [2.24, 2.45) is 0 Å². The van der Waals surface area contributed by atoms with Crippen LogP contribution >= 0.6 is 0 Å². The molecule has 0 fully saturated rings. The standard InChI is InChI=1S/C12H22O.C3H6O/c1-3-4-5-6-7-8-9-10-11-12(2)13;1-3(2)4/h3-4H,5-11H2,1-2H3;1-2H3. The number of unbranched alkanes of at least 4 members (excludes halogenated alkanes) is 5. The van der Waals surface area contributed by atoms with Gasteiger partial charge in [0.2, 0.25) is 0 Å². The summed E-state index contributed by atoms with van der Waals surface area (Å²) >= 11 is 0. The van der Waals surface area contributed by atoms with Gasteiger partial charge in [-0.1, -0.05) is 31.4 Å². The number of rotatable bonds is 8. The fraction of sp³-hybridized carbons (Fsp3) is 0.733. The van der Waals surface area contributed by atoms with E-state index >= 15 is 0 Å². The van der Waals surface area contributed by atoms with E-state index in [1.165, 1.54) is 46.0 Å². The van der Waals surface area contributed by atoms with Crippen LogP contribution in [0.2, 0.25) is 0 Å². The maximum atomic E-state index is 10.6. The Morgan fingerprint density at radius 1 is 0.882 bits per heavy atom. The molecule has 0 radical (unpaired) electrons. The molecule has 0 aromatic rings. The maximum absolute atomic E-state index is 10.6. The van der Waals surface area contributed by atoms with E-state index in [2.05, 4.69) is 19.1 Å². The summed E-state index contributed by atoms with van der Waals surface area (Å²) in [6, 6.07) is 0. The van der Waals surface area contributed by atoms with Crippen molar-refractivity contribution < 1.29 is 9.59 Å². The molecule has 0 spiro atoms. The third-order valence-electron chi connectivity index (χ3n) is 2.14. The molecule has 0 amide bonds. The predicted octanol–water partition coefficient (Wildman–Crippen LogP) is 4.48. The van der Waals surface area contributed by atoms with E-state index in [4.69, 9.17) is 0 Å². The van der Waals surface area contributed by atoms with Crippen LogP contribution in [0.5, 0.6) is 0 Å². The number of carbonyl (C=O) groups excluding carboxylic acids is 2. The van der Waals surface area contributed by atoms with Crippen molar-refractivity contribution in [3.8, 4) is 0 Å². The summed E-state index contributed by atoms with van der Waals surface area (Å²) in [4.78, 5) is 20.1. The predicted molar refractivity (Wildman–Crippen MR) is 74.2 cm³/mol. The van der Waals surface area contributed by atoms with E-state index in [0.717, 1.165) is 12.8 Å². The number of Topliss-reactive ketones (excluding diaryl/α,β-unsaturated/α-hetero) is 2. The largest absolute Gasteiger partial charge is 0.300 e. The third kappa shape index (κ3) is 31.3. The fourth-order valence-corrected chi connectivity index (χ4v) is 1.33. The molecular formula is C15H28O2. The lowest BCUT2D eigenvalue weighted by Crippen LogP contribution is -1.89. The third-order valence-corrected chi connectivity index (χ3v) is 2.14. The van der Waals surface area contributed by atoms with Crippen molar-refractivity contribution >= 4 is 11.6 Å². The molecule has 100 valence electrons. The van der Waals surface area contributed by atoms with Crippen molar-refractivity contribution in [2.75, 3.05) is 0 Å². The molecule has 0 aromatic carbocycles. The summed E-state index contributed by atoms with van der Waals surface area (Å²) in [6.07, 6.45) is 12.5. The summed E-state index contributed by atoms with van der Waals surface area (Å²) in [7, 11) is 0. The highest BCUT2D eigenvalue weighted by Gasteiger charge is 1.93. The topological polar surface area (TPSA) is 34.1 Å². The zero-order valence-electron chi connectivity index (χ0n) is 11.9. The highest BCUT2D eigenvalue weighted by atomic mass is 16.1. The number of ketones is 2. The average molecular weight is 240 g/mol. The summed E-state index contributed by atoms with van der Waals surface area (Å²) in [5.74, 6) is 0.494. The summed E-state index contributed by atoms with van der Waals surface area (Å²) in [5.41, 5.74) is 0. The zero-order valence-corrected chi connectivity index (χ0v) is 11.9. The van der Waals surface area contributed by atoms with Gasteiger partial charge in [-0.05, 0) is 47.0 Å². The lowest BCUT2D eigenvalue weighted by Gasteiger charge is -1.98. The van der Waals surface area contributed by atoms with E-state index in [9.17, 15) is 9.59 Å². The maximum Gasteiger partial charge on any atom is 0.129 e. The van der Waals surface area contributed by atoms with Crippen LogP contribution in [0.15, 0.2) is 12.2 Å². The Morgan fingerprint density at radius 3 is 1.82 bits per heavy atom. The Morgan fingerprint density at radius 2 is 1.35 bits per heavy atom. The molecule has 0 saturated heterocycles. The van der Waals surface area contributed by atoms with Gasteiger partial charge in [0.15, 0.2) is 0 Å². The molecule has 17 heavy (non-hydrogen) atoms. The zero-order chi connectivity index (χ0) is 13.5. The van der Waals surface area contributed by atoms with Gasteiger partial charge < -0.3 is 9.59 Å². The molecule has 0 rings (SSSR count). The van der Waals surface area contributed by atoms with Gasteiger partial charge in [-0.3, -0.25) is 0 Å². The van der Waals surface area contributed by atoms with Crippen LogP contribution in [0.3, 0.4) is 0 Å². The van der Waals surface area contributed by atoms with Gasteiger partial charge in [-0.15, -0.1) is 0 Å². The molecule has 0 aliphatic rings. The van der Waals surface area contributed by atoms with Gasteiger partial charge in [-0.25, -0.2) is 0 Å². The van der Waals surface area contributed by atoms with Crippen LogP contribution in [-0.4, -0.2) is 11.6 Å². The Kier molecular flexibility index (Phi) is 16.4. The Hall–Kier alpha value is -0.920. The molecule has 0 aliphatic carbocycles. The summed E-state index contributed by atoms with van der Waals surface area (Å²) in [6.45, 7) is 6.79. The van der Waals surface area contributed by atoms with Crippen LogP contribution < -0.4 is 0 Å². The van der Waals surface area contributed by atoms with Crippen molar-refractivity contribution in [2.45, 2.75) is 72.6 Å². The molecule has 0 aromatic heterocycles. The SMILES string of the molecule is CC(C)=O.CC=CCCCCCCCC(C)=O. The molecular weight excluding hydrogens is 212 g/mol. The minimum absolute atomic E-state index is 0.167. The van der Waals surface area contributed by atoms with E-state index in [-0.39, 0.29) is 5.78 Å². The second kappa shape index (κ2) is 15.1. The molecule has 2 nitrogen and oxygen atoms in total. The Labute approximate surface area is 106 Å². The van der Waals surface area contributed by atoms with Crippen LogP contribution in [-0.2, 0) is 9.59 Å². The normalized spacial score (nSPS) is 9.88. The second-order valence-corrected chi connectivity index (χ2v) is 4.49. The van der Waals surface area contributed by atoms with Crippen molar-refractivity contribution in [3.63, 3.8) is 0 Å². The first-order valence-electron chi connectivity index (χ1n) is 6.58. The Balaban J connectivity index is 0. The first-order chi connectivity index (χ1) is 8.00.